The minimum atomic E-state index is 0.822. The molecule has 116 valence electrons. The molecule has 0 aromatic heterocycles. The Balaban J connectivity index is 3.02. The molecule has 0 saturated carbocycles. The smallest absolute Gasteiger partial charge is 0.000977 e. The Morgan fingerprint density at radius 3 is 1.53 bits per heavy atom. The van der Waals surface area contributed by atoms with Crippen molar-refractivity contribution in [1.29, 1.82) is 0 Å². The van der Waals surface area contributed by atoms with Gasteiger partial charge in [-0.2, -0.15) is 0 Å². The van der Waals surface area contributed by atoms with Gasteiger partial charge in [0.15, 0.2) is 0 Å². The third kappa shape index (κ3) is 15.9. The molecule has 0 aromatic rings. The second-order valence-corrected chi connectivity index (χ2v) is 5.98. The standard InChI is InChI=1S/C17H38N2/c1-3-4-5-6-7-8-9-10-11-12-13-16-19(2)17-14-15-18/h3-18H2,1-2H3. The lowest BCUT2D eigenvalue weighted by Crippen LogP contribution is -2.22. The average Bonchev–Trinajstić information content (AvgIpc) is 2.42. The van der Waals surface area contributed by atoms with Gasteiger partial charge in [-0.1, -0.05) is 71.1 Å². The van der Waals surface area contributed by atoms with Crippen LogP contribution in [0.25, 0.3) is 0 Å². The van der Waals surface area contributed by atoms with Gasteiger partial charge >= 0.3 is 0 Å². The molecule has 0 fully saturated rings. The first-order chi connectivity index (χ1) is 9.31. The van der Waals surface area contributed by atoms with E-state index in [1.807, 2.05) is 0 Å². The van der Waals surface area contributed by atoms with Gasteiger partial charge in [0.2, 0.25) is 0 Å². The summed E-state index contributed by atoms with van der Waals surface area (Å²) >= 11 is 0. The number of nitrogens with two attached hydrogens (primary N) is 1. The van der Waals surface area contributed by atoms with Crippen LogP contribution >= 0.6 is 0 Å². The van der Waals surface area contributed by atoms with Crippen LogP contribution in [0, 0.1) is 0 Å². The maximum absolute atomic E-state index is 5.51. The molecular formula is C17H38N2. The van der Waals surface area contributed by atoms with E-state index >= 15 is 0 Å². The normalized spacial score (nSPS) is 11.4. The minimum Gasteiger partial charge on any atom is -0.330 e. The lowest BCUT2D eigenvalue weighted by atomic mass is 10.1. The van der Waals surface area contributed by atoms with Crippen LogP contribution < -0.4 is 5.73 Å². The molecule has 0 spiro atoms. The summed E-state index contributed by atoms with van der Waals surface area (Å²) in [6.45, 7) is 5.52. The van der Waals surface area contributed by atoms with Crippen molar-refractivity contribution in [3.8, 4) is 0 Å². The van der Waals surface area contributed by atoms with Gasteiger partial charge in [-0.05, 0) is 39.5 Å². The fourth-order valence-electron chi connectivity index (χ4n) is 2.52. The van der Waals surface area contributed by atoms with Crippen LogP contribution in [0.15, 0.2) is 0 Å². The molecule has 19 heavy (non-hydrogen) atoms. The molecule has 0 saturated heterocycles. The molecule has 2 nitrogen and oxygen atoms in total. The average molecular weight is 271 g/mol. The second kappa shape index (κ2) is 16.0. The van der Waals surface area contributed by atoms with Gasteiger partial charge in [0, 0.05) is 0 Å². The van der Waals surface area contributed by atoms with Crippen molar-refractivity contribution >= 4 is 0 Å². The predicted octanol–water partition coefficient (Wildman–Crippen LogP) is 4.58. The highest BCUT2D eigenvalue weighted by molar-refractivity contribution is 4.53. The Morgan fingerprint density at radius 2 is 1.05 bits per heavy atom. The molecule has 2 N–H and O–H groups in total. The third-order valence-electron chi connectivity index (χ3n) is 3.89. The largest absolute Gasteiger partial charge is 0.330 e. The fraction of sp³-hybridized carbons (Fsp3) is 1.00. The molecule has 0 aliphatic rings. The summed E-state index contributed by atoms with van der Waals surface area (Å²) in [6.07, 6.45) is 16.8. The fourth-order valence-corrected chi connectivity index (χ4v) is 2.52. The molecule has 0 amide bonds. The van der Waals surface area contributed by atoms with Crippen molar-refractivity contribution in [2.24, 2.45) is 5.73 Å². The Labute approximate surface area is 122 Å². The van der Waals surface area contributed by atoms with Gasteiger partial charge in [0.1, 0.15) is 0 Å². The van der Waals surface area contributed by atoms with E-state index in [1.165, 1.54) is 77.2 Å². The maximum atomic E-state index is 5.51. The molecule has 0 radical (unpaired) electrons. The van der Waals surface area contributed by atoms with Crippen molar-refractivity contribution in [2.75, 3.05) is 26.7 Å². The molecule has 0 aliphatic heterocycles. The summed E-state index contributed by atoms with van der Waals surface area (Å²) in [5.74, 6) is 0. The number of rotatable bonds is 15. The molecule has 0 aromatic carbocycles. The summed E-state index contributed by atoms with van der Waals surface area (Å²) in [6, 6.07) is 0. The zero-order valence-corrected chi connectivity index (χ0v) is 13.6. The van der Waals surface area contributed by atoms with Gasteiger partial charge in [0.25, 0.3) is 0 Å². The Hall–Kier alpha value is -0.0800. The topological polar surface area (TPSA) is 29.3 Å². The molecular weight excluding hydrogens is 232 g/mol. The Morgan fingerprint density at radius 1 is 0.632 bits per heavy atom. The number of unbranched alkanes of at least 4 members (excludes halogenated alkanes) is 10. The van der Waals surface area contributed by atoms with E-state index in [0.29, 0.717) is 0 Å². The lowest BCUT2D eigenvalue weighted by Gasteiger charge is -2.15. The summed E-state index contributed by atoms with van der Waals surface area (Å²) in [5.41, 5.74) is 5.51. The molecule has 2 heteroatoms. The number of hydrogen-bond acceptors (Lipinski definition) is 2. The van der Waals surface area contributed by atoms with Crippen molar-refractivity contribution < 1.29 is 0 Å². The van der Waals surface area contributed by atoms with Crippen LogP contribution in [0.3, 0.4) is 0 Å². The minimum absolute atomic E-state index is 0.822. The molecule has 0 atom stereocenters. The van der Waals surface area contributed by atoms with Crippen molar-refractivity contribution in [3.63, 3.8) is 0 Å². The highest BCUT2D eigenvalue weighted by Crippen LogP contribution is 2.11. The summed E-state index contributed by atoms with van der Waals surface area (Å²) < 4.78 is 0. The zero-order chi connectivity index (χ0) is 14.2. The van der Waals surface area contributed by atoms with E-state index in [9.17, 15) is 0 Å². The Kier molecular flexibility index (Phi) is 15.9. The maximum Gasteiger partial charge on any atom is -0.000977 e. The third-order valence-corrected chi connectivity index (χ3v) is 3.89. The SMILES string of the molecule is CCCCCCCCCCCCCN(C)CCCN. The van der Waals surface area contributed by atoms with Crippen LogP contribution in [0.4, 0.5) is 0 Å². The molecule has 0 heterocycles. The van der Waals surface area contributed by atoms with Gasteiger partial charge in [0.05, 0.1) is 0 Å². The van der Waals surface area contributed by atoms with E-state index < -0.39 is 0 Å². The first-order valence-electron chi connectivity index (χ1n) is 8.70. The van der Waals surface area contributed by atoms with Crippen LogP contribution in [0.5, 0.6) is 0 Å². The van der Waals surface area contributed by atoms with E-state index in [2.05, 4.69) is 18.9 Å². The van der Waals surface area contributed by atoms with E-state index in [4.69, 9.17) is 5.73 Å². The highest BCUT2D eigenvalue weighted by atomic mass is 15.1. The molecule has 0 rings (SSSR count). The number of nitrogens with zero attached hydrogens (tertiary/aromatic N) is 1. The van der Waals surface area contributed by atoms with Crippen molar-refractivity contribution in [2.45, 2.75) is 84.0 Å². The summed E-state index contributed by atoms with van der Waals surface area (Å²) in [5, 5.41) is 0. The second-order valence-electron chi connectivity index (χ2n) is 5.98. The molecule has 0 bridgehead atoms. The van der Waals surface area contributed by atoms with Crippen LogP contribution in [0.2, 0.25) is 0 Å². The van der Waals surface area contributed by atoms with E-state index in [-0.39, 0.29) is 0 Å². The highest BCUT2D eigenvalue weighted by Gasteiger charge is 1.97. The van der Waals surface area contributed by atoms with E-state index in [1.54, 1.807) is 0 Å². The van der Waals surface area contributed by atoms with Crippen LogP contribution in [-0.4, -0.2) is 31.6 Å². The first-order valence-corrected chi connectivity index (χ1v) is 8.70. The van der Waals surface area contributed by atoms with Crippen molar-refractivity contribution in [1.82, 2.24) is 4.90 Å². The lowest BCUT2D eigenvalue weighted by molar-refractivity contribution is 0.321. The van der Waals surface area contributed by atoms with Crippen molar-refractivity contribution in [3.05, 3.63) is 0 Å². The summed E-state index contributed by atoms with van der Waals surface area (Å²) in [7, 11) is 2.21. The van der Waals surface area contributed by atoms with Gasteiger partial charge < -0.3 is 10.6 Å². The Bertz CT molecular complexity index is 159. The predicted molar refractivity (Wildman–Crippen MR) is 87.6 cm³/mol. The quantitative estimate of drug-likeness (QED) is 0.441. The van der Waals surface area contributed by atoms with Crippen LogP contribution in [-0.2, 0) is 0 Å². The van der Waals surface area contributed by atoms with E-state index in [0.717, 1.165) is 19.5 Å². The van der Waals surface area contributed by atoms with Gasteiger partial charge in [-0.3, -0.25) is 0 Å². The zero-order valence-electron chi connectivity index (χ0n) is 13.6. The molecule has 0 unspecified atom stereocenters. The van der Waals surface area contributed by atoms with Gasteiger partial charge in [-0.25, -0.2) is 0 Å². The first kappa shape index (κ1) is 18.9. The molecule has 0 aliphatic carbocycles. The van der Waals surface area contributed by atoms with Crippen LogP contribution in [0.1, 0.15) is 84.0 Å². The van der Waals surface area contributed by atoms with Gasteiger partial charge in [-0.15, -0.1) is 0 Å². The number of hydrogen-bond donors (Lipinski definition) is 1. The monoisotopic (exact) mass is 270 g/mol. The summed E-state index contributed by atoms with van der Waals surface area (Å²) in [4.78, 5) is 2.42.